The van der Waals surface area contributed by atoms with Gasteiger partial charge in [-0.3, -0.25) is 4.98 Å². The summed E-state index contributed by atoms with van der Waals surface area (Å²) in [5, 5.41) is 4.34. The first kappa shape index (κ1) is 17.3. The van der Waals surface area contributed by atoms with Crippen LogP contribution in [-0.2, 0) is 0 Å². The molecule has 4 heteroatoms. The SMILES string of the molecule is c1ccc(-c2cccc(-c3ccc4oc5cc6oc7ccccc7c6cc5c4c3)n2)nc1. The lowest BCUT2D eigenvalue weighted by molar-refractivity contribution is 0.656. The van der Waals surface area contributed by atoms with E-state index in [9.17, 15) is 0 Å². The molecule has 7 rings (SSSR count). The highest BCUT2D eigenvalue weighted by atomic mass is 16.3. The van der Waals surface area contributed by atoms with E-state index in [-0.39, 0.29) is 0 Å². The Kier molecular flexibility index (Phi) is 3.52. The Bertz CT molecular complexity index is 1780. The summed E-state index contributed by atoms with van der Waals surface area (Å²) in [4.78, 5) is 9.29. The molecule has 0 radical (unpaired) electrons. The van der Waals surface area contributed by atoms with Gasteiger partial charge in [0.25, 0.3) is 0 Å². The van der Waals surface area contributed by atoms with Crippen LogP contribution < -0.4 is 0 Å². The highest BCUT2D eigenvalue weighted by Crippen LogP contribution is 2.37. The molecule has 0 N–H and O–H groups in total. The normalized spacial score (nSPS) is 11.8. The van der Waals surface area contributed by atoms with Crippen molar-refractivity contribution < 1.29 is 8.83 Å². The van der Waals surface area contributed by atoms with E-state index in [2.05, 4.69) is 29.2 Å². The van der Waals surface area contributed by atoms with Gasteiger partial charge in [-0.15, -0.1) is 0 Å². The van der Waals surface area contributed by atoms with E-state index in [0.717, 1.165) is 66.5 Å². The molecule has 0 saturated heterocycles. The van der Waals surface area contributed by atoms with Crippen molar-refractivity contribution in [3.63, 3.8) is 0 Å². The van der Waals surface area contributed by atoms with E-state index < -0.39 is 0 Å². The van der Waals surface area contributed by atoms with Crippen LogP contribution in [0.3, 0.4) is 0 Å². The molecule has 0 bridgehead atoms. The molecule has 0 amide bonds. The fourth-order valence-corrected chi connectivity index (χ4v) is 4.41. The van der Waals surface area contributed by atoms with Crippen molar-refractivity contribution in [2.24, 2.45) is 0 Å². The minimum atomic E-state index is 0.818. The molecule has 4 nitrogen and oxygen atoms in total. The lowest BCUT2D eigenvalue weighted by Crippen LogP contribution is -1.89. The molecule has 0 unspecified atom stereocenters. The second-order valence-corrected chi connectivity index (χ2v) is 7.88. The minimum absolute atomic E-state index is 0.818. The number of rotatable bonds is 2. The molecule has 0 atom stereocenters. The van der Waals surface area contributed by atoms with Gasteiger partial charge >= 0.3 is 0 Å². The number of benzene rings is 3. The molecular formula is C28H16N2O2. The molecule has 32 heavy (non-hydrogen) atoms. The summed E-state index contributed by atoms with van der Waals surface area (Å²) in [5.74, 6) is 0. The molecule has 0 saturated carbocycles. The summed E-state index contributed by atoms with van der Waals surface area (Å²) in [5.41, 5.74) is 7.04. The largest absolute Gasteiger partial charge is 0.456 e. The van der Waals surface area contributed by atoms with Crippen LogP contribution in [0.5, 0.6) is 0 Å². The third kappa shape index (κ3) is 2.56. The maximum Gasteiger partial charge on any atom is 0.139 e. The van der Waals surface area contributed by atoms with Gasteiger partial charge in [0.1, 0.15) is 22.3 Å². The van der Waals surface area contributed by atoms with Gasteiger partial charge in [0.2, 0.25) is 0 Å². The number of nitrogens with zero attached hydrogens (tertiary/aromatic N) is 2. The first-order valence-electron chi connectivity index (χ1n) is 10.5. The van der Waals surface area contributed by atoms with Gasteiger partial charge in [0, 0.05) is 39.4 Å². The highest BCUT2D eigenvalue weighted by Gasteiger charge is 2.14. The Labute approximate surface area is 182 Å². The Balaban J connectivity index is 1.43. The smallest absolute Gasteiger partial charge is 0.139 e. The Morgan fingerprint density at radius 3 is 2.06 bits per heavy atom. The molecule has 0 aliphatic carbocycles. The highest BCUT2D eigenvalue weighted by molar-refractivity contribution is 6.15. The van der Waals surface area contributed by atoms with E-state index >= 15 is 0 Å². The van der Waals surface area contributed by atoms with Gasteiger partial charge in [0.15, 0.2) is 0 Å². The van der Waals surface area contributed by atoms with Gasteiger partial charge < -0.3 is 8.83 Å². The maximum absolute atomic E-state index is 6.15. The van der Waals surface area contributed by atoms with E-state index in [0.29, 0.717) is 0 Å². The molecule has 0 aliphatic heterocycles. The summed E-state index contributed by atoms with van der Waals surface area (Å²) in [6, 6.07) is 30.4. The van der Waals surface area contributed by atoms with Gasteiger partial charge in [0.05, 0.1) is 17.1 Å². The topological polar surface area (TPSA) is 52.1 Å². The molecule has 0 fully saturated rings. The van der Waals surface area contributed by atoms with Gasteiger partial charge in [-0.1, -0.05) is 30.3 Å². The number of para-hydroxylation sites is 1. The number of pyridine rings is 2. The molecule has 0 spiro atoms. The van der Waals surface area contributed by atoms with Crippen molar-refractivity contribution in [1.82, 2.24) is 9.97 Å². The van der Waals surface area contributed by atoms with Crippen LogP contribution in [0.4, 0.5) is 0 Å². The first-order chi connectivity index (χ1) is 15.8. The van der Waals surface area contributed by atoms with Crippen molar-refractivity contribution >= 4 is 43.9 Å². The second kappa shape index (κ2) is 6.53. The standard InChI is InChI=1S/C28H16N2O2/c1-2-10-25-18(6-1)20-15-21-19-14-17(11-12-26(19)32-28(21)16-27(20)31-25)22-8-5-9-24(30-22)23-7-3-4-13-29-23/h1-16H. The molecule has 150 valence electrons. The van der Waals surface area contributed by atoms with Crippen LogP contribution in [0, 0.1) is 0 Å². The molecule has 3 aromatic carbocycles. The lowest BCUT2D eigenvalue weighted by Gasteiger charge is -2.05. The Hall–Kier alpha value is -4.44. The Morgan fingerprint density at radius 1 is 0.469 bits per heavy atom. The monoisotopic (exact) mass is 412 g/mol. The zero-order valence-electron chi connectivity index (χ0n) is 16.9. The number of hydrogen-bond donors (Lipinski definition) is 0. The predicted molar refractivity (Wildman–Crippen MR) is 127 cm³/mol. The number of fused-ring (bicyclic) bond motifs is 6. The lowest BCUT2D eigenvalue weighted by atomic mass is 10.0. The maximum atomic E-state index is 6.15. The van der Waals surface area contributed by atoms with Crippen LogP contribution in [0.15, 0.2) is 106 Å². The number of aromatic nitrogens is 2. The summed E-state index contributed by atoms with van der Waals surface area (Å²) in [7, 11) is 0. The van der Waals surface area contributed by atoms with Crippen molar-refractivity contribution in [2.75, 3.05) is 0 Å². The van der Waals surface area contributed by atoms with E-state index in [1.54, 1.807) is 6.20 Å². The van der Waals surface area contributed by atoms with Crippen molar-refractivity contribution in [3.8, 4) is 22.6 Å². The summed E-state index contributed by atoms with van der Waals surface area (Å²) >= 11 is 0. The Morgan fingerprint density at radius 2 is 1.19 bits per heavy atom. The third-order valence-electron chi connectivity index (χ3n) is 5.94. The molecular weight excluding hydrogens is 396 g/mol. The van der Waals surface area contributed by atoms with Crippen LogP contribution >= 0.6 is 0 Å². The average Bonchev–Trinajstić information content (AvgIpc) is 3.40. The molecule has 4 heterocycles. The minimum Gasteiger partial charge on any atom is -0.456 e. The third-order valence-corrected chi connectivity index (χ3v) is 5.94. The van der Waals surface area contributed by atoms with Gasteiger partial charge in [-0.05, 0) is 54.6 Å². The van der Waals surface area contributed by atoms with Crippen molar-refractivity contribution in [1.29, 1.82) is 0 Å². The van der Waals surface area contributed by atoms with Crippen LogP contribution in [0.25, 0.3) is 66.5 Å². The van der Waals surface area contributed by atoms with Crippen LogP contribution in [0.1, 0.15) is 0 Å². The fourth-order valence-electron chi connectivity index (χ4n) is 4.41. The van der Waals surface area contributed by atoms with E-state index in [1.165, 1.54) is 0 Å². The number of furan rings is 2. The van der Waals surface area contributed by atoms with Crippen molar-refractivity contribution in [2.45, 2.75) is 0 Å². The number of hydrogen-bond acceptors (Lipinski definition) is 4. The van der Waals surface area contributed by atoms with Crippen molar-refractivity contribution in [3.05, 3.63) is 97.2 Å². The zero-order chi connectivity index (χ0) is 21.1. The molecule has 0 aliphatic rings. The van der Waals surface area contributed by atoms with Crippen LogP contribution in [-0.4, -0.2) is 9.97 Å². The second-order valence-electron chi connectivity index (χ2n) is 7.88. The van der Waals surface area contributed by atoms with Gasteiger partial charge in [-0.25, -0.2) is 4.98 Å². The first-order valence-corrected chi connectivity index (χ1v) is 10.5. The predicted octanol–water partition coefficient (Wildman–Crippen LogP) is 7.61. The van der Waals surface area contributed by atoms with E-state index in [1.807, 2.05) is 66.7 Å². The zero-order valence-corrected chi connectivity index (χ0v) is 16.9. The molecule has 4 aromatic heterocycles. The molecule has 7 aromatic rings. The summed E-state index contributed by atoms with van der Waals surface area (Å²) < 4.78 is 12.2. The fraction of sp³-hybridized carbons (Fsp3) is 0. The van der Waals surface area contributed by atoms with Gasteiger partial charge in [-0.2, -0.15) is 0 Å². The average molecular weight is 412 g/mol. The summed E-state index contributed by atoms with van der Waals surface area (Å²) in [6.45, 7) is 0. The quantitative estimate of drug-likeness (QED) is 0.293. The van der Waals surface area contributed by atoms with E-state index in [4.69, 9.17) is 13.8 Å². The van der Waals surface area contributed by atoms with Crippen LogP contribution in [0.2, 0.25) is 0 Å². The summed E-state index contributed by atoms with van der Waals surface area (Å²) in [6.07, 6.45) is 1.79.